The van der Waals surface area contributed by atoms with Crippen molar-refractivity contribution in [3.8, 4) is 17.1 Å². The zero-order valence-electron chi connectivity index (χ0n) is 14.7. The van der Waals surface area contributed by atoms with Crippen LogP contribution in [0, 0.1) is 0 Å². The van der Waals surface area contributed by atoms with Gasteiger partial charge in [-0.25, -0.2) is 4.98 Å². The largest absolute Gasteiger partial charge is 0.573 e. The molecule has 28 heavy (non-hydrogen) atoms. The third-order valence-corrected chi connectivity index (χ3v) is 3.78. The van der Waals surface area contributed by atoms with Crippen LogP contribution in [0.3, 0.4) is 0 Å². The van der Waals surface area contributed by atoms with Crippen molar-refractivity contribution in [1.29, 1.82) is 0 Å². The first-order valence-electron chi connectivity index (χ1n) is 8.55. The molecule has 0 unspecified atom stereocenters. The van der Waals surface area contributed by atoms with Crippen LogP contribution in [-0.2, 0) is 11.2 Å². The Labute approximate surface area is 159 Å². The summed E-state index contributed by atoms with van der Waals surface area (Å²) in [5, 5.41) is 2.62. The number of hydrogen-bond donors (Lipinski definition) is 1. The number of alkyl halides is 3. The molecule has 0 radical (unpaired) electrons. The molecule has 0 spiro atoms. The van der Waals surface area contributed by atoms with Crippen LogP contribution in [-0.4, -0.2) is 17.3 Å². The van der Waals surface area contributed by atoms with Gasteiger partial charge in [0.1, 0.15) is 5.75 Å². The van der Waals surface area contributed by atoms with E-state index in [1.807, 2.05) is 30.3 Å². The van der Waals surface area contributed by atoms with Gasteiger partial charge in [0.05, 0.1) is 6.20 Å². The van der Waals surface area contributed by atoms with Gasteiger partial charge in [-0.1, -0.05) is 30.3 Å². The first kappa shape index (κ1) is 19.5. The van der Waals surface area contributed by atoms with E-state index in [1.165, 1.54) is 12.1 Å². The van der Waals surface area contributed by atoms with Gasteiger partial charge in [0.25, 0.3) is 0 Å². The van der Waals surface area contributed by atoms with E-state index in [4.69, 9.17) is 4.42 Å². The molecule has 3 rings (SSSR count). The summed E-state index contributed by atoms with van der Waals surface area (Å²) in [6.45, 7) is 0. The summed E-state index contributed by atoms with van der Waals surface area (Å²) in [6.07, 6.45) is -1.85. The Bertz CT molecular complexity index is 906. The highest BCUT2D eigenvalue weighted by molar-refractivity contribution is 5.90. The molecule has 5 nitrogen and oxygen atoms in total. The molecule has 1 heterocycles. The number of hydrogen-bond acceptors (Lipinski definition) is 4. The van der Waals surface area contributed by atoms with Crippen molar-refractivity contribution >= 4 is 11.6 Å². The molecule has 0 bridgehead atoms. The van der Waals surface area contributed by atoms with E-state index in [2.05, 4.69) is 15.0 Å². The van der Waals surface area contributed by atoms with Crippen molar-refractivity contribution in [3.05, 3.63) is 66.7 Å². The smallest absolute Gasteiger partial charge is 0.441 e. The van der Waals surface area contributed by atoms with E-state index in [1.54, 1.807) is 6.20 Å². The van der Waals surface area contributed by atoms with Crippen molar-refractivity contribution in [1.82, 2.24) is 4.98 Å². The fourth-order valence-electron chi connectivity index (χ4n) is 2.53. The maximum atomic E-state index is 12.1. The molecule has 8 heteroatoms. The topological polar surface area (TPSA) is 64.4 Å². The molecular formula is C20H17F3N2O3. The maximum absolute atomic E-state index is 12.1. The van der Waals surface area contributed by atoms with Crippen LogP contribution in [0.4, 0.5) is 18.9 Å². The molecule has 0 atom stereocenters. The Morgan fingerprint density at radius 1 is 1.07 bits per heavy atom. The number of carbonyl (C=O) groups is 1. The zero-order chi connectivity index (χ0) is 20.0. The summed E-state index contributed by atoms with van der Waals surface area (Å²) < 4.78 is 45.8. The first-order chi connectivity index (χ1) is 13.4. The quantitative estimate of drug-likeness (QED) is 0.602. The molecule has 0 aliphatic rings. The first-order valence-corrected chi connectivity index (χ1v) is 8.55. The standard InChI is InChI=1S/C20H17F3N2O3/c21-20(22,23)28-16-11-9-15(10-12-16)25-18(26)7-4-8-19-24-13-17(27-19)14-5-2-1-3-6-14/h1-3,5-6,9-13H,4,7-8H2,(H,25,26). The SMILES string of the molecule is O=C(CCCc1ncc(-c2ccccc2)o1)Nc1ccc(OC(F)(F)F)cc1. The average molecular weight is 390 g/mol. The molecule has 0 fully saturated rings. The number of nitrogens with one attached hydrogen (secondary N) is 1. The lowest BCUT2D eigenvalue weighted by Gasteiger charge is -2.09. The molecule has 1 aromatic heterocycles. The highest BCUT2D eigenvalue weighted by Crippen LogP contribution is 2.24. The number of amides is 1. The van der Waals surface area contributed by atoms with E-state index in [0.717, 1.165) is 17.7 Å². The minimum Gasteiger partial charge on any atom is -0.441 e. The number of anilines is 1. The van der Waals surface area contributed by atoms with Crippen molar-refractivity contribution < 1.29 is 27.1 Å². The van der Waals surface area contributed by atoms with Gasteiger partial charge in [0, 0.05) is 24.1 Å². The summed E-state index contributed by atoms with van der Waals surface area (Å²) in [6, 6.07) is 14.5. The summed E-state index contributed by atoms with van der Waals surface area (Å²) in [4.78, 5) is 16.2. The van der Waals surface area contributed by atoms with Crippen LogP contribution in [0.25, 0.3) is 11.3 Å². The van der Waals surface area contributed by atoms with E-state index in [-0.39, 0.29) is 18.1 Å². The predicted octanol–water partition coefficient (Wildman–Crippen LogP) is 5.20. The molecule has 1 N–H and O–H groups in total. The monoisotopic (exact) mass is 390 g/mol. The minimum absolute atomic E-state index is 0.226. The lowest BCUT2D eigenvalue weighted by Crippen LogP contribution is -2.17. The van der Waals surface area contributed by atoms with Crippen molar-refractivity contribution in [2.75, 3.05) is 5.32 Å². The number of benzene rings is 2. The molecule has 0 aliphatic carbocycles. The van der Waals surface area contributed by atoms with Gasteiger partial charge in [-0.15, -0.1) is 13.2 Å². The average Bonchev–Trinajstić information content (AvgIpc) is 3.12. The van der Waals surface area contributed by atoms with E-state index in [9.17, 15) is 18.0 Å². The normalized spacial score (nSPS) is 11.2. The van der Waals surface area contributed by atoms with Gasteiger partial charge < -0.3 is 14.5 Å². The third-order valence-electron chi connectivity index (χ3n) is 3.78. The molecular weight excluding hydrogens is 373 g/mol. The molecule has 0 saturated heterocycles. The van der Waals surface area contributed by atoms with Gasteiger partial charge in [-0.2, -0.15) is 0 Å². The highest BCUT2D eigenvalue weighted by Gasteiger charge is 2.30. The third kappa shape index (κ3) is 5.87. The summed E-state index contributed by atoms with van der Waals surface area (Å²) in [7, 11) is 0. The summed E-state index contributed by atoms with van der Waals surface area (Å²) in [5.74, 6) is 0.615. The highest BCUT2D eigenvalue weighted by atomic mass is 19.4. The number of halogens is 3. The van der Waals surface area contributed by atoms with Crippen LogP contribution < -0.4 is 10.1 Å². The van der Waals surface area contributed by atoms with Crippen LogP contribution in [0.2, 0.25) is 0 Å². The molecule has 3 aromatic rings. The Kier molecular flexibility index (Phi) is 5.98. The number of ether oxygens (including phenoxy) is 1. The number of rotatable bonds is 7. The molecule has 146 valence electrons. The van der Waals surface area contributed by atoms with Crippen LogP contribution in [0.5, 0.6) is 5.75 Å². The Hall–Kier alpha value is -3.29. The van der Waals surface area contributed by atoms with Crippen molar-refractivity contribution in [2.24, 2.45) is 0 Å². The second-order valence-corrected chi connectivity index (χ2v) is 5.96. The summed E-state index contributed by atoms with van der Waals surface area (Å²) in [5.41, 5.74) is 1.32. The zero-order valence-corrected chi connectivity index (χ0v) is 14.7. The summed E-state index contributed by atoms with van der Waals surface area (Å²) >= 11 is 0. The maximum Gasteiger partial charge on any atom is 0.573 e. The number of oxazole rings is 1. The fraction of sp³-hybridized carbons (Fsp3) is 0.200. The van der Waals surface area contributed by atoms with Crippen LogP contribution in [0.15, 0.2) is 65.2 Å². The molecule has 2 aromatic carbocycles. The molecule has 1 amide bonds. The fourth-order valence-corrected chi connectivity index (χ4v) is 2.53. The molecule has 0 aliphatic heterocycles. The van der Waals surface area contributed by atoms with Crippen LogP contribution in [0.1, 0.15) is 18.7 Å². The van der Waals surface area contributed by atoms with E-state index in [0.29, 0.717) is 30.2 Å². The Balaban J connectivity index is 1.44. The number of carbonyl (C=O) groups excluding carboxylic acids is 1. The van der Waals surface area contributed by atoms with Gasteiger partial charge in [-0.3, -0.25) is 4.79 Å². The lowest BCUT2D eigenvalue weighted by atomic mass is 10.2. The van der Waals surface area contributed by atoms with E-state index < -0.39 is 6.36 Å². The number of aromatic nitrogens is 1. The predicted molar refractivity (Wildman–Crippen MR) is 96.6 cm³/mol. The Morgan fingerprint density at radius 2 is 1.79 bits per heavy atom. The van der Waals surface area contributed by atoms with Crippen molar-refractivity contribution in [2.45, 2.75) is 25.6 Å². The number of aryl methyl sites for hydroxylation is 1. The minimum atomic E-state index is -4.75. The van der Waals surface area contributed by atoms with Gasteiger partial charge >= 0.3 is 6.36 Å². The number of nitrogens with zero attached hydrogens (tertiary/aromatic N) is 1. The van der Waals surface area contributed by atoms with Gasteiger partial charge in [0.15, 0.2) is 11.7 Å². The Morgan fingerprint density at radius 3 is 2.46 bits per heavy atom. The van der Waals surface area contributed by atoms with E-state index >= 15 is 0 Å². The lowest BCUT2D eigenvalue weighted by molar-refractivity contribution is -0.274. The van der Waals surface area contributed by atoms with Crippen molar-refractivity contribution in [3.63, 3.8) is 0 Å². The molecule has 0 saturated carbocycles. The second kappa shape index (κ2) is 8.60. The van der Waals surface area contributed by atoms with Crippen LogP contribution >= 0.6 is 0 Å². The van der Waals surface area contributed by atoms with Gasteiger partial charge in [0.2, 0.25) is 5.91 Å². The second-order valence-electron chi connectivity index (χ2n) is 5.96. The van der Waals surface area contributed by atoms with Gasteiger partial charge in [-0.05, 0) is 30.7 Å².